The minimum atomic E-state index is -5.44. The first-order valence-electron chi connectivity index (χ1n) is 4.33. The van der Waals surface area contributed by atoms with Gasteiger partial charge in [0, 0.05) is 0 Å². The van der Waals surface area contributed by atoms with E-state index in [2.05, 4.69) is 9.72 Å². The summed E-state index contributed by atoms with van der Waals surface area (Å²) >= 11 is 0. The standard InChI is InChI=1S/C8H4F8N2O/c9-5(10)3-2(19-8(14,15)16)1-18-6(17)4(3)7(11,12)13/h1,5H,(H2,17,18). The number of aromatic nitrogens is 1. The van der Waals surface area contributed by atoms with Gasteiger partial charge in [-0.15, -0.1) is 13.2 Å². The lowest BCUT2D eigenvalue weighted by molar-refractivity contribution is -0.275. The van der Waals surface area contributed by atoms with Crippen LogP contribution in [0.15, 0.2) is 6.20 Å². The molecule has 0 fully saturated rings. The lowest BCUT2D eigenvalue weighted by atomic mass is 10.1. The van der Waals surface area contributed by atoms with Crippen molar-refractivity contribution in [3.63, 3.8) is 0 Å². The van der Waals surface area contributed by atoms with Gasteiger partial charge >= 0.3 is 12.5 Å². The van der Waals surface area contributed by atoms with Gasteiger partial charge in [-0.3, -0.25) is 0 Å². The van der Waals surface area contributed by atoms with Crippen LogP contribution in [0.1, 0.15) is 17.6 Å². The van der Waals surface area contributed by atoms with Gasteiger partial charge in [0.25, 0.3) is 6.43 Å². The minimum absolute atomic E-state index is 0.0551. The number of nitrogens with zero attached hydrogens (tertiary/aromatic N) is 1. The van der Waals surface area contributed by atoms with Crippen LogP contribution in [0.2, 0.25) is 0 Å². The van der Waals surface area contributed by atoms with Gasteiger partial charge in [0.05, 0.1) is 11.8 Å². The van der Waals surface area contributed by atoms with Crippen LogP contribution in [0.4, 0.5) is 40.9 Å². The highest BCUT2D eigenvalue weighted by Crippen LogP contribution is 2.44. The first kappa shape index (κ1) is 15.2. The summed E-state index contributed by atoms with van der Waals surface area (Å²) in [4.78, 5) is 2.77. The third kappa shape index (κ3) is 3.58. The van der Waals surface area contributed by atoms with Crippen LogP contribution in [0.5, 0.6) is 5.75 Å². The van der Waals surface area contributed by atoms with Gasteiger partial charge in [-0.25, -0.2) is 13.8 Å². The molecule has 0 aliphatic heterocycles. The molecule has 0 aromatic carbocycles. The predicted molar refractivity (Wildman–Crippen MR) is 45.3 cm³/mol. The zero-order valence-electron chi connectivity index (χ0n) is 8.61. The summed E-state index contributed by atoms with van der Waals surface area (Å²) in [5.41, 5.74) is 0.625. The number of anilines is 1. The molecule has 0 radical (unpaired) electrons. The second-order valence-corrected chi connectivity index (χ2v) is 3.14. The average Bonchev–Trinajstić information content (AvgIpc) is 2.15. The van der Waals surface area contributed by atoms with E-state index in [1.54, 1.807) is 0 Å². The SMILES string of the molecule is Nc1ncc(OC(F)(F)F)c(C(F)F)c1C(F)(F)F. The van der Waals surface area contributed by atoms with Crippen molar-refractivity contribution in [2.24, 2.45) is 0 Å². The second-order valence-electron chi connectivity index (χ2n) is 3.14. The van der Waals surface area contributed by atoms with Crippen molar-refractivity contribution in [3.8, 4) is 5.75 Å². The molecule has 3 nitrogen and oxygen atoms in total. The third-order valence-electron chi connectivity index (χ3n) is 1.84. The Labute approximate surface area is 99.5 Å². The van der Waals surface area contributed by atoms with Gasteiger partial charge < -0.3 is 10.5 Å². The number of ether oxygens (including phenoxy) is 1. The molecular weight excluding hydrogens is 292 g/mol. The second kappa shape index (κ2) is 4.70. The molecule has 11 heteroatoms. The molecular formula is C8H4F8N2O. The van der Waals surface area contributed by atoms with E-state index in [1.165, 1.54) is 0 Å². The van der Waals surface area contributed by atoms with Crippen LogP contribution >= 0.6 is 0 Å². The van der Waals surface area contributed by atoms with E-state index in [1.807, 2.05) is 0 Å². The van der Waals surface area contributed by atoms with Crippen molar-refractivity contribution in [1.82, 2.24) is 4.98 Å². The van der Waals surface area contributed by atoms with Crippen LogP contribution in [-0.2, 0) is 6.18 Å². The molecule has 0 saturated carbocycles. The smallest absolute Gasteiger partial charge is 0.404 e. The van der Waals surface area contributed by atoms with E-state index in [-0.39, 0.29) is 6.20 Å². The summed E-state index contributed by atoms with van der Waals surface area (Å²) in [6.45, 7) is 0. The van der Waals surface area contributed by atoms with E-state index in [0.717, 1.165) is 0 Å². The summed E-state index contributed by atoms with van der Waals surface area (Å²) < 4.78 is 101. The lowest BCUT2D eigenvalue weighted by Gasteiger charge is -2.18. The highest BCUT2D eigenvalue weighted by atomic mass is 19.4. The van der Waals surface area contributed by atoms with Gasteiger partial charge in [-0.2, -0.15) is 13.2 Å². The van der Waals surface area contributed by atoms with E-state index in [4.69, 9.17) is 5.73 Å². The molecule has 1 aromatic rings. The molecule has 0 bridgehead atoms. The normalized spacial score (nSPS) is 12.9. The van der Waals surface area contributed by atoms with Crippen LogP contribution in [0, 0.1) is 0 Å². The van der Waals surface area contributed by atoms with Crippen molar-refractivity contribution < 1.29 is 39.9 Å². The third-order valence-corrected chi connectivity index (χ3v) is 1.84. The van der Waals surface area contributed by atoms with Gasteiger partial charge in [0.2, 0.25) is 0 Å². The lowest BCUT2D eigenvalue weighted by Crippen LogP contribution is -2.21. The fourth-order valence-electron chi connectivity index (χ4n) is 1.24. The minimum Gasteiger partial charge on any atom is -0.404 e. The van der Waals surface area contributed by atoms with E-state index < -0.39 is 41.7 Å². The number of halogens is 8. The molecule has 1 heterocycles. The Morgan fingerprint density at radius 2 is 1.63 bits per heavy atom. The van der Waals surface area contributed by atoms with Gasteiger partial charge in [-0.05, 0) is 0 Å². The van der Waals surface area contributed by atoms with Crippen molar-refractivity contribution in [2.75, 3.05) is 5.73 Å². The fraction of sp³-hybridized carbons (Fsp3) is 0.375. The van der Waals surface area contributed by atoms with Crippen molar-refractivity contribution in [3.05, 3.63) is 17.3 Å². The topological polar surface area (TPSA) is 48.1 Å². The van der Waals surface area contributed by atoms with Crippen LogP contribution in [0.25, 0.3) is 0 Å². The molecule has 0 aliphatic carbocycles. The Balaban J connectivity index is 3.51. The van der Waals surface area contributed by atoms with Crippen molar-refractivity contribution >= 4 is 5.82 Å². The highest BCUT2D eigenvalue weighted by Gasteiger charge is 2.43. The quantitative estimate of drug-likeness (QED) is 0.849. The number of pyridine rings is 1. The first-order chi connectivity index (χ1) is 8.43. The average molecular weight is 296 g/mol. The van der Waals surface area contributed by atoms with Crippen LogP contribution < -0.4 is 10.5 Å². The summed E-state index contributed by atoms with van der Waals surface area (Å²) in [6.07, 6.45) is -14.7. The molecule has 0 saturated heterocycles. The van der Waals surface area contributed by atoms with Crippen LogP contribution in [-0.4, -0.2) is 11.3 Å². The molecule has 0 aliphatic rings. The summed E-state index contributed by atoms with van der Waals surface area (Å²) in [6, 6.07) is 0. The van der Waals surface area contributed by atoms with Gasteiger partial charge in [0.15, 0.2) is 5.75 Å². The maximum absolute atomic E-state index is 12.5. The molecule has 1 aromatic heterocycles. The van der Waals surface area contributed by atoms with Gasteiger partial charge in [-0.1, -0.05) is 0 Å². The maximum atomic E-state index is 12.5. The molecule has 2 N–H and O–H groups in total. The number of rotatable bonds is 2. The Kier molecular flexibility index (Phi) is 3.77. The Bertz CT molecular complexity index is 467. The van der Waals surface area contributed by atoms with Gasteiger partial charge in [0.1, 0.15) is 11.4 Å². The number of hydrogen-bond acceptors (Lipinski definition) is 3. The monoisotopic (exact) mass is 296 g/mol. The molecule has 0 unspecified atom stereocenters. The first-order valence-corrected chi connectivity index (χ1v) is 4.33. The maximum Gasteiger partial charge on any atom is 0.573 e. The Hall–Kier alpha value is -1.81. The molecule has 0 atom stereocenters. The molecule has 0 amide bonds. The largest absolute Gasteiger partial charge is 0.573 e. The molecule has 19 heavy (non-hydrogen) atoms. The zero-order valence-corrected chi connectivity index (χ0v) is 8.61. The summed E-state index contributed by atoms with van der Waals surface area (Å²) in [5.74, 6) is -3.11. The zero-order chi connectivity index (χ0) is 15.0. The van der Waals surface area contributed by atoms with E-state index >= 15 is 0 Å². The Morgan fingerprint density at radius 3 is 2.00 bits per heavy atom. The molecule has 1 rings (SSSR count). The van der Waals surface area contributed by atoms with Crippen LogP contribution in [0.3, 0.4) is 0 Å². The number of nitrogens with two attached hydrogens (primary N) is 1. The predicted octanol–water partition coefficient (Wildman–Crippen LogP) is 3.52. The van der Waals surface area contributed by atoms with E-state index in [9.17, 15) is 35.1 Å². The van der Waals surface area contributed by atoms with E-state index in [0.29, 0.717) is 0 Å². The van der Waals surface area contributed by atoms with Crippen molar-refractivity contribution in [2.45, 2.75) is 19.0 Å². The highest BCUT2D eigenvalue weighted by molar-refractivity contribution is 5.53. The van der Waals surface area contributed by atoms with Crippen molar-refractivity contribution in [1.29, 1.82) is 0 Å². The summed E-state index contributed by atoms with van der Waals surface area (Å²) in [5, 5.41) is 0. The Morgan fingerprint density at radius 1 is 1.11 bits per heavy atom. The number of nitrogen functional groups attached to an aromatic ring is 1. The fourth-order valence-corrected chi connectivity index (χ4v) is 1.24. The molecule has 0 spiro atoms. The number of alkyl halides is 8. The molecule has 108 valence electrons. The summed E-state index contributed by atoms with van der Waals surface area (Å²) in [7, 11) is 0. The number of hydrogen-bond donors (Lipinski definition) is 1.